The lowest BCUT2D eigenvalue weighted by Crippen LogP contribution is -2.05. The van der Waals surface area contributed by atoms with Gasteiger partial charge in [-0.05, 0) is 26.8 Å². The number of anilines is 1. The first-order chi connectivity index (χ1) is 8.24. The second-order valence-electron chi connectivity index (χ2n) is 3.75. The van der Waals surface area contributed by atoms with Gasteiger partial charge in [0.25, 0.3) is 0 Å². The molecule has 2 aromatic heterocycles. The molecule has 0 fully saturated rings. The van der Waals surface area contributed by atoms with Crippen molar-refractivity contribution in [1.82, 2.24) is 19.7 Å². The summed E-state index contributed by atoms with van der Waals surface area (Å²) >= 11 is 0. The van der Waals surface area contributed by atoms with Crippen molar-refractivity contribution < 1.29 is 0 Å². The van der Waals surface area contributed by atoms with E-state index in [-0.39, 0.29) is 0 Å². The molecule has 0 aromatic carbocycles. The largest absolute Gasteiger partial charge is 0.370 e. The molecular weight excluding hydrogens is 214 g/mol. The quantitative estimate of drug-likeness (QED) is 0.875. The van der Waals surface area contributed by atoms with Gasteiger partial charge in [-0.2, -0.15) is 5.10 Å². The molecule has 5 nitrogen and oxygen atoms in total. The molecule has 0 spiro atoms. The summed E-state index contributed by atoms with van der Waals surface area (Å²) in [6.45, 7) is 7.70. The van der Waals surface area contributed by atoms with Gasteiger partial charge >= 0.3 is 0 Å². The smallest absolute Gasteiger partial charge is 0.130 e. The molecule has 0 unspecified atom stereocenters. The van der Waals surface area contributed by atoms with E-state index >= 15 is 0 Å². The molecule has 1 N–H and O–H groups in total. The van der Waals surface area contributed by atoms with Gasteiger partial charge < -0.3 is 5.32 Å². The van der Waals surface area contributed by atoms with Gasteiger partial charge in [0, 0.05) is 25.4 Å². The third-order valence-electron chi connectivity index (χ3n) is 2.47. The Bertz CT molecular complexity index is 503. The Hall–Kier alpha value is -1.91. The number of aromatic nitrogens is 4. The van der Waals surface area contributed by atoms with Gasteiger partial charge in [0.15, 0.2) is 0 Å². The number of aryl methyl sites for hydroxylation is 2. The summed E-state index contributed by atoms with van der Waals surface area (Å²) in [6, 6.07) is 3.93. The molecule has 0 aliphatic rings. The Morgan fingerprint density at radius 2 is 2.12 bits per heavy atom. The summed E-state index contributed by atoms with van der Waals surface area (Å²) in [5.41, 5.74) is 1.94. The van der Waals surface area contributed by atoms with Crippen molar-refractivity contribution in [2.24, 2.45) is 0 Å². The predicted molar refractivity (Wildman–Crippen MR) is 67.8 cm³/mol. The summed E-state index contributed by atoms with van der Waals surface area (Å²) in [6.07, 6.45) is 1.79. The lowest BCUT2D eigenvalue weighted by molar-refractivity contribution is 0.665. The molecule has 0 saturated heterocycles. The zero-order chi connectivity index (χ0) is 12.3. The van der Waals surface area contributed by atoms with Crippen LogP contribution in [0.25, 0.3) is 11.4 Å². The normalized spacial score (nSPS) is 10.5. The average Bonchev–Trinajstić information content (AvgIpc) is 2.76. The van der Waals surface area contributed by atoms with Crippen LogP contribution in [0, 0.1) is 6.92 Å². The Morgan fingerprint density at radius 1 is 1.29 bits per heavy atom. The Labute approximate surface area is 101 Å². The predicted octanol–water partition coefficient (Wildman–Crippen LogP) is 2.10. The standard InChI is InChI=1S/C12H17N5/c1-4-13-12-8-10(15-9(3)16-12)11-6-7-14-17(11)5-2/h6-8H,4-5H2,1-3H3,(H,13,15,16). The minimum atomic E-state index is 0.766. The van der Waals surface area contributed by atoms with E-state index < -0.39 is 0 Å². The fraction of sp³-hybridized carbons (Fsp3) is 0.417. The van der Waals surface area contributed by atoms with Gasteiger partial charge in [-0.3, -0.25) is 4.68 Å². The summed E-state index contributed by atoms with van der Waals surface area (Å²) < 4.78 is 1.93. The molecule has 17 heavy (non-hydrogen) atoms. The highest BCUT2D eigenvalue weighted by molar-refractivity contribution is 5.58. The van der Waals surface area contributed by atoms with Gasteiger partial charge in [-0.1, -0.05) is 0 Å². The molecule has 90 valence electrons. The maximum Gasteiger partial charge on any atom is 0.130 e. The first-order valence-electron chi connectivity index (χ1n) is 5.86. The van der Waals surface area contributed by atoms with Crippen LogP contribution in [-0.2, 0) is 6.54 Å². The lowest BCUT2D eigenvalue weighted by atomic mass is 10.3. The van der Waals surface area contributed by atoms with Crippen molar-refractivity contribution in [1.29, 1.82) is 0 Å². The van der Waals surface area contributed by atoms with E-state index in [0.29, 0.717) is 0 Å². The maximum atomic E-state index is 4.46. The Morgan fingerprint density at radius 3 is 2.82 bits per heavy atom. The number of nitrogens with zero attached hydrogens (tertiary/aromatic N) is 4. The highest BCUT2D eigenvalue weighted by atomic mass is 15.3. The Balaban J connectivity index is 2.44. The van der Waals surface area contributed by atoms with Crippen LogP contribution >= 0.6 is 0 Å². The van der Waals surface area contributed by atoms with Crippen molar-refractivity contribution in [3.63, 3.8) is 0 Å². The third-order valence-corrected chi connectivity index (χ3v) is 2.47. The van der Waals surface area contributed by atoms with Crippen molar-refractivity contribution in [3.8, 4) is 11.4 Å². The van der Waals surface area contributed by atoms with E-state index in [1.165, 1.54) is 0 Å². The topological polar surface area (TPSA) is 55.6 Å². The fourth-order valence-electron chi connectivity index (χ4n) is 1.77. The molecule has 2 rings (SSSR count). The van der Waals surface area contributed by atoms with E-state index in [1.54, 1.807) is 6.20 Å². The zero-order valence-electron chi connectivity index (χ0n) is 10.4. The van der Waals surface area contributed by atoms with Crippen molar-refractivity contribution in [2.75, 3.05) is 11.9 Å². The van der Waals surface area contributed by atoms with Crippen LogP contribution in [0.3, 0.4) is 0 Å². The molecule has 0 aliphatic carbocycles. The van der Waals surface area contributed by atoms with Gasteiger partial charge in [0.1, 0.15) is 11.6 Å². The lowest BCUT2D eigenvalue weighted by Gasteiger charge is -2.08. The van der Waals surface area contributed by atoms with Crippen LogP contribution in [0.2, 0.25) is 0 Å². The van der Waals surface area contributed by atoms with Crippen molar-refractivity contribution in [3.05, 3.63) is 24.2 Å². The van der Waals surface area contributed by atoms with Gasteiger partial charge in [0.05, 0.1) is 11.4 Å². The van der Waals surface area contributed by atoms with Gasteiger partial charge in [-0.15, -0.1) is 0 Å². The molecule has 2 heterocycles. The maximum absolute atomic E-state index is 4.46. The molecule has 5 heteroatoms. The Kier molecular flexibility index (Phi) is 3.37. The number of hydrogen-bond donors (Lipinski definition) is 1. The highest BCUT2D eigenvalue weighted by Crippen LogP contribution is 2.19. The van der Waals surface area contributed by atoms with E-state index in [4.69, 9.17) is 0 Å². The number of nitrogens with one attached hydrogen (secondary N) is 1. The molecule has 0 atom stereocenters. The molecule has 2 aromatic rings. The average molecular weight is 231 g/mol. The van der Waals surface area contributed by atoms with Crippen molar-refractivity contribution in [2.45, 2.75) is 27.3 Å². The minimum absolute atomic E-state index is 0.766. The monoisotopic (exact) mass is 231 g/mol. The first kappa shape index (κ1) is 11.6. The summed E-state index contributed by atoms with van der Waals surface area (Å²) in [7, 11) is 0. The van der Waals surface area contributed by atoms with Gasteiger partial charge in [-0.25, -0.2) is 9.97 Å². The molecular formula is C12H17N5. The minimum Gasteiger partial charge on any atom is -0.370 e. The molecule has 0 saturated carbocycles. The molecule has 0 aliphatic heterocycles. The van der Waals surface area contributed by atoms with Crippen LogP contribution in [0.1, 0.15) is 19.7 Å². The summed E-state index contributed by atoms with van der Waals surface area (Å²) in [4.78, 5) is 8.79. The van der Waals surface area contributed by atoms with Crippen molar-refractivity contribution >= 4 is 5.82 Å². The van der Waals surface area contributed by atoms with Gasteiger partial charge in [0.2, 0.25) is 0 Å². The molecule has 0 radical (unpaired) electrons. The van der Waals surface area contributed by atoms with E-state index in [2.05, 4.69) is 27.3 Å². The van der Waals surface area contributed by atoms with Crippen LogP contribution in [0.4, 0.5) is 5.82 Å². The van der Waals surface area contributed by atoms with E-state index in [0.717, 1.165) is 36.1 Å². The van der Waals surface area contributed by atoms with E-state index in [9.17, 15) is 0 Å². The SMILES string of the molecule is CCNc1cc(-c2ccnn2CC)nc(C)n1. The number of hydrogen-bond acceptors (Lipinski definition) is 4. The number of rotatable bonds is 4. The van der Waals surface area contributed by atoms with Crippen LogP contribution in [0.15, 0.2) is 18.3 Å². The molecule has 0 bridgehead atoms. The van der Waals surface area contributed by atoms with Crippen LogP contribution < -0.4 is 5.32 Å². The van der Waals surface area contributed by atoms with Crippen LogP contribution in [-0.4, -0.2) is 26.3 Å². The molecule has 0 amide bonds. The summed E-state index contributed by atoms with van der Waals surface area (Å²) in [5, 5.41) is 7.46. The van der Waals surface area contributed by atoms with Crippen LogP contribution in [0.5, 0.6) is 0 Å². The second kappa shape index (κ2) is 4.95. The second-order valence-corrected chi connectivity index (χ2v) is 3.75. The fourth-order valence-corrected chi connectivity index (χ4v) is 1.77. The third kappa shape index (κ3) is 2.43. The first-order valence-corrected chi connectivity index (χ1v) is 5.86. The van der Waals surface area contributed by atoms with E-state index in [1.807, 2.05) is 30.7 Å². The zero-order valence-corrected chi connectivity index (χ0v) is 10.4. The highest BCUT2D eigenvalue weighted by Gasteiger charge is 2.08. The summed E-state index contributed by atoms with van der Waals surface area (Å²) in [5.74, 6) is 1.63.